The number of rotatable bonds is 10. The number of hydrogen-bond acceptors (Lipinski definition) is 6. The van der Waals surface area contributed by atoms with Crippen molar-refractivity contribution in [2.24, 2.45) is 5.73 Å². The number of amides is 1. The van der Waals surface area contributed by atoms with Gasteiger partial charge in [-0.2, -0.15) is 0 Å². The highest BCUT2D eigenvalue weighted by molar-refractivity contribution is 5.96. The summed E-state index contributed by atoms with van der Waals surface area (Å²) in [6.07, 6.45) is 8.39. The van der Waals surface area contributed by atoms with Gasteiger partial charge < -0.3 is 21.1 Å². The minimum atomic E-state index is -0.0607. The molecular formula is C26H30N6O2. The Morgan fingerprint density at radius 1 is 1.09 bits per heavy atom. The SMILES string of the molecule is COc1ccc(-c2cnc3c(Nc4ccc(C(=O)NCCCCCN)c(C)c4)nccn23)cc1. The molecule has 1 amide bonds. The third kappa shape index (κ3) is 5.18. The van der Waals surface area contributed by atoms with E-state index < -0.39 is 0 Å². The molecular weight excluding hydrogens is 428 g/mol. The number of benzene rings is 2. The van der Waals surface area contributed by atoms with Gasteiger partial charge in [-0.25, -0.2) is 9.97 Å². The average Bonchev–Trinajstić information content (AvgIpc) is 3.29. The van der Waals surface area contributed by atoms with Crippen molar-refractivity contribution in [3.8, 4) is 17.0 Å². The van der Waals surface area contributed by atoms with Crippen LogP contribution in [0.4, 0.5) is 11.5 Å². The first-order valence-corrected chi connectivity index (χ1v) is 11.4. The van der Waals surface area contributed by atoms with Crippen molar-refractivity contribution in [1.82, 2.24) is 19.7 Å². The number of nitrogens with zero attached hydrogens (tertiary/aromatic N) is 3. The quantitative estimate of drug-likeness (QED) is 0.306. The molecule has 0 saturated carbocycles. The van der Waals surface area contributed by atoms with E-state index in [1.807, 2.05) is 66.2 Å². The molecule has 0 radical (unpaired) electrons. The van der Waals surface area contributed by atoms with Gasteiger partial charge in [0.2, 0.25) is 0 Å². The van der Waals surface area contributed by atoms with Crippen LogP contribution in [0.5, 0.6) is 5.75 Å². The number of methoxy groups -OCH3 is 1. The van der Waals surface area contributed by atoms with Gasteiger partial charge in [-0.15, -0.1) is 0 Å². The second-order valence-corrected chi connectivity index (χ2v) is 8.10. The van der Waals surface area contributed by atoms with E-state index in [0.29, 0.717) is 30.1 Å². The number of unbranched alkanes of at least 4 members (excludes halogenated alkanes) is 2. The molecule has 4 aromatic rings. The molecule has 0 unspecified atom stereocenters. The van der Waals surface area contributed by atoms with Crippen LogP contribution in [0.2, 0.25) is 0 Å². The summed E-state index contributed by atoms with van der Waals surface area (Å²) in [5, 5.41) is 6.33. The van der Waals surface area contributed by atoms with E-state index in [1.54, 1.807) is 13.3 Å². The van der Waals surface area contributed by atoms with E-state index in [0.717, 1.165) is 47.5 Å². The summed E-state index contributed by atoms with van der Waals surface area (Å²) >= 11 is 0. The molecule has 176 valence electrons. The second kappa shape index (κ2) is 10.8. The number of hydrogen-bond donors (Lipinski definition) is 3. The van der Waals surface area contributed by atoms with Gasteiger partial charge in [-0.05, 0) is 74.3 Å². The van der Waals surface area contributed by atoms with Crippen LogP contribution in [-0.4, -0.2) is 40.5 Å². The molecule has 4 rings (SSSR count). The van der Waals surface area contributed by atoms with Gasteiger partial charge in [0.25, 0.3) is 5.91 Å². The van der Waals surface area contributed by atoms with Crippen LogP contribution in [0.25, 0.3) is 16.9 Å². The minimum Gasteiger partial charge on any atom is -0.497 e. The first kappa shape index (κ1) is 23.3. The highest BCUT2D eigenvalue weighted by Gasteiger charge is 2.13. The zero-order chi connectivity index (χ0) is 23.9. The Morgan fingerprint density at radius 3 is 2.65 bits per heavy atom. The van der Waals surface area contributed by atoms with Gasteiger partial charge in [0.05, 0.1) is 19.0 Å². The lowest BCUT2D eigenvalue weighted by Crippen LogP contribution is -2.25. The lowest BCUT2D eigenvalue weighted by molar-refractivity contribution is 0.0952. The zero-order valence-electron chi connectivity index (χ0n) is 19.5. The molecule has 34 heavy (non-hydrogen) atoms. The molecule has 0 aliphatic carbocycles. The monoisotopic (exact) mass is 458 g/mol. The van der Waals surface area contributed by atoms with Gasteiger partial charge in [0.15, 0.2) is 11.5 Å². The van der Waals surface area contributed by atoms with Crippen LogP contribution in [0, 0.1) is 6.92 Å². The molecule has 0 bridgehead atoms. The maximum absolute atomic E-state index is 12.5. The third-order valence-electron chi connectivity index (χ3n) is 5.71. The van der Waals surface area contributed by atoms with E-state index in [1.165, 1.54) is 0 Å². The molecule has 0 aliphatic rings. The smallest absolute Gasteiger partial charge is 0.251 e. The number of carbonyl (C=O) groups excluding carboxylic acids is 1. The summed E-state index contributed by atoms with van der Waals surface area (Å²) in [5.41, 5.74) is 10.6. The topological polar surface area (TPSA) is 107 Å². The summed E-state index contributed by atoms with van der Waals surface area (Å²) in [4.78, 5) is 21.6. The van der Waals surface area contributed by atoms with E-state index in [2.05, 4.69) is 20.6 Å². The highest BCUT2D eigenvalue weighted by atomic mass is 16.5. The first-order chi connectivity index (χ1) is 16.6. The fraction of sp³-hybridized carbons (Fsp3) is 0.269. The molecule has 2 aromatic heterocycles. The number of anilines is 2. The van der Waals surface area contributed by atoms with Crippen molar-refractivity contribution >= 4 is 23.1 Å². The number of aromatic nitrogens is 3. The molecule has 2 aromatic carbocycles. The van der Waals surface area contributed by atoms with Gasteiger partial charge in [0, 0.05) is 35.8 Å². The Kier molecular flexibility index (Phi) is 7.39. The van der Waals surface area contributed by atoms with Crippen LogP contribution < -0.4 is 21.1 Å². The van der Waals surface area contributed by atoms with Crippen LogP contribution in [0.15, 0.2) is 61.1 Å². The summed E-state index contributed by atoms with van der Waals surface area (Å²) in [5.74, 6) is 1.38. The largest absolute Gasteiger partial charge is 0.497 e. The average molecular weight is 459 g/mol. The fourth-order valence-corrected chi connectivity index (χ4v) is 3.86. The third-order valence-corrected chi connectivity index (χ3v) is 5.71. The van der Waals surface area contributed by atoms with Crippen molar-refractivity contribution in [2.75, 3.05) is 25.5 Å². The first-order valence-electron chi connectivity index (χ1n) is 11.4. The second-order valence-electron chi connectivity index (χ2n) is 8.10. The van der Waals surface area contributed by atoms with Crippen molar-refractivity contribution < 1.29 is 9.53 Å². The zero-order valence-corrected chi connectivity index (χ0v) is 19.5. The lowest BCUT2D eigenvalue weighted by atomic mass is 10.1. The normalized spacial score (nSPS) is 10.9. The van der Waals surface area contributed by atoms with Gasteiger partial charge in [-0.3, -0.25) is 9.20 Å². The highest BCUT2D eigenvalue weighted by Crippen LogP contribution is 2.27. The summed E-state index contributed by atoms with van der Waals surface area (Å²) < 4.78 is 7.25. The molecule has 0 aliphatic heterocycles. The molecule has 2 heterocycles. The van der Waals surface area contributed by atoms with Crippen LogP contribution in [-0.2, 0) is 0 Å². The maximum atomic E-state index is 12.5. The number of nitrogens with two attached hydrogens (primary N) is 1. The number of ether oxygens (including phenoxy) is 1. The number of aryl methyl sites for hydroxylation is 1. The van der Waals surface area contributed by atoms with Crippen LogP contribution >= 0.6 is 0 Å². The van der Waals surface area contributed by atoms with Crippen molar-refractivity contribution in [3.63, 3.8) is 0 Å². The predicted octanol–water partition coefficient (Wildman–Crippen LogP) is 4.32. The molecule has 8 heteroatoms. The Balaban J connectivity index is 1.50. The van der Waals surface area contributed by atoms with Gasteiger partial charge in [-0.1, -0.05) is 6.42 Å². The lowest BCUT2D eigenvalue weighted by Gasteiger charge is -2.11. The fourth-order valence-electron chi connectivity index (χ4n) is 3.86. The molecule has 8 nitrogen and oxygen atoms in total. The number of imidazole rings is 1. The summed E-state index contributed by atoms with van der Waals surface area (Å²) in [6, 6.07) is 13.5. The Bertz CT molecular complexity index is 1270. The van der Waals surface area contributed by atoms with Gasteiger partial charge >= 0.3 is 0 Å². The molecule has 0 fully saturated rings. The predicted molar refractivity (Wildman–Crippen MR) is 135 cm³/mol. The number of carbonyl (C=O) groups is 1. The van der Waals surface area contributed by atoms with E-state index >= 15 is 0 Å². The number of nitrogens with one attached hydrogen (secondary N) is 2. The van der Waals surface area contributed by atoms with E-state index in [9.17, 15) is 4.79 Å². The van der Waals surface area contributed by atoms with Crippen molar-refractivity contribution in [3.05, 3.63) is 72.2 Å². The maximum Gasteiger partial charge on any atom is 0.251 e. The summed E-state index contributed by atoms with van der Waals surface area (Å²) in [6.45, 7) is 3.27. The van der Waals surface area contributed by atoms with E-state index in [-0.39, 0.29) is 5.91 Å². The van der Waals surface area contributed by atoms with Crippen LogP contribution in [0.1, 0.15) is 35.2 Å². The molecule has 0 spiro atoms. The molecule has 0 atom stereocenters. The molecule has 0 saturated heterocycles. The standard InChI is InChI=1S/C26H30N6O2/c1-18-16-20(8-11-22(18)26(33)29-13-5-3-4-12-27)31-24-25-30-17-23(32(25)15-14-28-24)19-6-9-21(34-2)10-7-19/h6-11,14-17H,3-5,12-13,27H2,1-2H3,(H,28,31)(H,29,33). The van der Waals surface area contributed by atoms with Crippen molar-refractivity contribution in [1.29, 1.82) is 0 Å². The Hall–Kier alpha value is -3.91. The Morgan fingerprint density at radius 2 is 1.91 bits per heavy atom. The van der Waals surface area contributed by atoms with Gasteiger partial charge in [0.1, 0.15) is 5.75 Å². The van der Waals surface area contributed by atoms with E-state index in [4.69, 9.17) is 10.5 Å². The minimum absolute atomic E-state index is 0.0607. The Labute approximate surface area is 199 Å². The molecule has 4 N–H and O–H groups in total. The van der Waals surface area contributed by atoms with Crippen molar-refractivity contribution in [2.45, 2.75) is 26.2 Å². The van der Waals surface area contributed by atoms with Crippen LogP contribution in [0.3, 0.4) is 0 Å². The summed E-state index contributed by atoms with van der Waals surface area (Å²) in [7, 11) is 1.65. The number of fused-ring (bicyclic) bond motifs is 1.